The Labute approximate surface area is 271 Å². The molecule has 4 aromatic rings. The molecule has 1 aliphatic heterocycles. The number of nitrogen functional groups attached to an aromatic ring is 1. The highest BCUT2D eigenvalue weighted by Crippen LogP contribution is 2.49. The number of carbonyl (C=O) groups is 1. The number of nitrogens with zero attached hydrogens (tertiary/aromatic N) is 4. The number of ether oxygens (including phenoxy) is 3. The van der Waals surface area contributed by atoms with Crippen molar-refractivity contribution >= 4 is 41.6 Å². The van der Waals surface area contributed by atoms with Gasteiger partial charge < -0.3 is 29.6 Å². The standard InChI is InChI=1S/C31H40FN6O8P/c1-18(27(39)43-15-14-30(2,3)4)37-47(41,46-21-13-9-11-19-10-7-8-12-20(19)21)44-16-22-24(32)31(5,40)28(45-22)38-17-34-23-25(38)35-29(33)36-26(23)42-6/h7-13,17-18,22,24,28,40H,14-16H2,1-6H3,(H,37,41)(H2,33,35,36)/t18?,22-,24-,28?,31-,47?/m1/s1. The average Bonchev–Trinajstić information content (AvgIpc) is 3.52. The zero-order valence-electron chi connectivity index (χ0n) is 27.0. The van der Waals surface area contributed by atoms with Gasteiger partial charge in [0, 0.05) is 5.39 Å². The van der Waals surface area contributed by atoms with Gasteiger partial charge in [0.1, 0.15) is 23.5 Å². The summed E-state index contributed by atoms with van der Waals surface area (Å²) < 4.78 is 59.8. The minimum Gasteiger partial charge on any atom is -0.479 e. The van der Waals surface area contributed by atoms with E-state index in [9.17, 15) is 14.5 Å². The Kier molecular flexibility index (Phi) is 9.76. The number of aliphatic hydroxyl groups is 1. The van der Waals surface area contributed by atoms with E-state index in [1.54, 1.807) is 24.3 Å². The number of carbonyl (C=O) groups excluding carboxylic acids is 1. The lowest BCUT2D eigenvalue weighted by Crippen LogP contribution is -2.42. The van der Waals surface area contributed by atoms with Crippen LogP contribution in [0.15, 0.2) is 48.8 Å². The quantitative estimate of drug-likeness (QED) is 0.139. The number of methoxy groups -OCH3 is 1. The number of alkyl halides is 1. The smallest absolute Gasteiger partial charge is 0.459 e. The number of nitrogens with two attached hydrogens (primary N) is 1. The predicted molar refractivity (Wildman–Crippen MR) is 171 cm³/mol. The summed E-state index contributed by atoms with van der Waals surface area (Å²) in [5.41, 5.74) is 4.00. The van der Waals surface area contributed by atoms with E-state index in [1.807, 2.05) is 39.0 Å². The number of anilines is 1. The normalized spacial score (nSPS) is 23.4. The highest BCUT2D eigenvalue weighted by molar-refractivity contribution is 7.52. The van der Waals surface area contributed by atoms with Crippen LogP contribution in [0, 0.1) is 5.41 Å². The van der Waals surface area contributed by atoms with E-state index in [1.165, 1.54) is 31.9 Å². The summed E-state index contributed by atoms with van der Waals surface area (Å²) in [6, 6.07) is 11.3. The molecule has 254 valence electrons. The first-order chi connectivity index (χ1) is 22.1. The molecule has 4 N–H and O–H groups in total. The zero-order valence-corrected chi connectivity index (χ0v) is 27.9. The summed E-state index contributed by atoms with van der Waals surface area (Å²) >= 11 is 0. The van der Waals surface area contributed by atoms with Gasteiger partial charge in [0.15, 0.2) is 23.6 Å². The molecule has 6 atom stereocenters. The van der Waals surface area contributed by atoms with E-state index in [0.29, 0.717) is 11.8 Å². The molecule has 2 aromatic heterocycles. The van der Waals surface area contributed by atoms with Gasteiger partial charge in [-0.05, 0) is 37.1 Å². The van der Waals surface area contributed by atoms with Crippen molar-refractivity contribution in [2.75, 3.05) is 26.1 Å². The molecule has 3 unspecified atom stereocenters. The molecule has 1 fully saturated rings. The maximum atomic E-state index is 15.9. The molecular formula is C31H40FN6O8P. The van der Waals surface area contributed by atoms with Gasteiger partial charge in [0.2, 0.25) is 11.8 Å². The van der Waals surface area contributed by atoms with Gasteiger partial charge in [-0.3, -0.25) is 13.9 Å². The summed E-state index contributed by atoms with van der Waals surface area (Å²) in [4.78, 5) is 25.2. The number of imidazole rings is 1. The topological polar surface area (TPSA) is 182 Å². The fourth-order valence-corrected chi connectivity index (χ4v) is 6.64. The van der Waals surface area contributed by atoms with E-state index in [0.717, 1.165) is 5.39 Å². The number of halogens is 1. The lowest BCUT2D eigenvalue weighted by Gasteiger charge is -2.26. The molecule has 0 bridgehead atoms. The van der Waals surface area contributed by atoms with Crippen LogP contribution in [0.25, 0.3) is 21.9 Å². The average molecular weight is 675 g/mol. The molecule has 1 saturated heterocycles. The predicted octanol–water partition coefficient (Wildman–Crippen LogP) is 4.72. The van der Waals surface area contributed by atoms with Crippen molar-refractivity contribution in [1.29, 1.82) is 0 Å². The van der Waals surface area contributed by atoms with Crippen molar-refractivity contribution in [1.82, 2.24) is 24.6 Å². The molecule has 0 spiro atoms. The van der Waals surface area contributed by atoms with Gasteiger partial charge in [0.25, 0.3) is 0 Å². The van der Waals surface area contributed by atoms with E-state index < -0.39 is 50.5 Å². The van der Waals surface area contributed by atoms with Crippen LogP contribution < -0.4 is 20.1 Å². The van der Waals surface area contributed by atoms with E-state index >= 15 is 4.39 Å². The fourth-order valence-electron chi connectivity index (χ4n) is 5.12. The number of hydrogen-bond donors (Lipinski definition) is 3. The van der Waals surface area contributed by atoms with E-state index in [2.05, 4.69) is 20.0 Å². The third kappa shape index (κ3) is 7.49. The highest BCUT2D eigenvalue weighted by Gasteiger charge is 2.55. The summed E-state index contributed by atoms with van der Waals surface area (Å²) in [5.74, 6) is -0.512. The van der Waals surface area contributed by atoms with Crippen LogP contribution in [0.1, 0.15) is 47.3 Å². The van der Waals surface area contributed by atoms with Crippen molar-refractivity contribution in [3.05, 3.63) is 48.8 Å². The van der Waals surface area contributed by atoms with Crippen molar-refractivity contribution in [3.8, 4) is 11.6 Å². The first-order valence-corrected chi connectivity index (χ1v) is 16.6. The van der Waals surface area contributed by atoms with Crippen LogP contribution in [0.5, 0.6) is 11.6 Å². The largest absolute Gasteiger partial charge is 0.479 e. The van der Waals surface area contributed by atoms with Gasteiger partial charge in [-0.1, -0.05) is 57.2 Å². The Morgan fingerprint density at radius 3 is 2.68 bits per heavy atom. The SMILES string of the molecule is COc1nc(N)nc2c1ncn2C1O[C@H](COP(=O)(NC(C)C(=O)OCCC(C)(C)C)Oc2cccc3ccccc23)[C@@H](F)[C@@]1(C)O. The fraction of sp³-hybridized carbons (Fsp3) is 0.484. The van der Waals surface area contributed by atoms with Crippen molar-refractivity contribution < 1.29 is 42.1 Å². The summed E-state index contributed by atoms with van der Waals surface area (Å²) in [5, 5.41) is 15.3. The molecule has 16 heteroatoms. The number of aromatic nitrogens is 4. The molecule has 1 aliphatic rings. The van der Waals surface area contributed by atoms with Crippen molar-refractivity contribution in [2.45, 2.75) is 71.2 Å². The summed E-state index contributed by atoms with van der Waals surface area (Å²) in [6.45, 7) is 8.27. The summed E-state index contributed by atoms with van der Waals surface area (Å²) in [7, 11) is -3.05. The number of rotatable bonds is 12. The van der Waals surface area contributed by atoms with Crippen LogP contribution in [0.3, 0.4) is 0 Å². The first-order valence-electron chi connectivity index (χ1n) is 15.0. The van der Waals surface area contributed by atoms with E-state index in [4.69, 9.17) is 29.0 Å². The molecule has 47 heavy (non-hydrogen) atoms. The Morgan fingerprint density at radius 1 is 1.23 bits per heavy atom. The second-order valence-electron chi connectivity index (χ2n) is 12.8. The second-order valence-corrected chi connectivity index (χ2v) is 14.5. The highest BCUT2D eigenvalue weighted by atomic mass is 31.2. The Bertz CT molecular complexity index is 1790. The van der Waals surface area contributed by atoms with Gasteiger partial charge >= 0.3 is 13.7 Å². The van der Waals surface area contributed by atoms with Crippen LogP contribution in [0.2, 0.25) is 0 Å². The monoisotopic (exact) mass is 674 g/mol. The Hall–Kier alpha value is -3.88. The van der Waals surface area contributed by atoms with Crippen LogP contribution in [-0.4, -0.2) is 74.8 Å². The van der Waals surface area contributed by atoms with Crippen LogP contribution in [-0.2, 0) is 23.4 Å². The third-order valence-electron chi connectivity index (χ3n) is 7.72. The molecule has 3 heterocycles. The third-order valence-corrected chi connectivity index (χ3v) is 9.35. The van der Waals surface area contributed by atoms with Crippen LogP contribution in [0.4, 0.5) is 10.3 Å². The first kappa shape index (κ1) is 34.5. The second kappa shape index (κ2) is 13.3. The minimum absolute atomic E-state index is 0.0648. The Balaban J connectivity index is 1.38. The minimum atomic E-state index is -4.43. The summed E-state index contributed by atoms with van der Waals surface area (Å²) in [6.07, 6.45) is -2.91. The number of esters is 1. The number of nitrogens with one attached hydrogen (secondary N) is 1. The lowest BCUT2D eigenvalue weighted by atomic mass is 9.93. The number of fused-ring (bicyclic) bond motifs is 2. The lowest BCUT2D eigenvalue weighted by molar-refractivity contribution is -0.145. The molecule has 0 aliphatic carbocycles. The van der Waals surface area contributed by atoms with Crippen molar-refractivity contribution in [3.63, 3.8) is 0 Å². The van der Waals surface area contributed by atoms with Gasteiger partial charge in [-0.15, -0.1) is 0 Å². The Morgan fingerprint density at radius 2 is 1.96 bits per heavy atom. The molecule has 5 rings (SSSR count). The number of benzene rings is 2. The molecule has 0 radical (unpaired) electrons. The molecule has 0 amide bonds. The molecular weight excluding hydrogens is 634 g/mol. The van der Waals surface area contributed by atoms with Gasteiger partial charge in [-0.2, -0.15) is 15.1 Å². The van der Waals surface area contributed by atoms with E-state index in [-0.39, 0.29) is 40.8 Å². The maximum Gasteiger partial charge on any atom is 0.459 e. The van der Waals surface area contributed by atoms with Crippen LogP contribution >= 0.6 is 7.75 Å². The molecule has 0 saturated carbocycles. The van der Waals surface area contributed by atoms with Gasteiger partial charge in [0.05, 0.1) is 26.7 Å². The van der Waals surface area contributed by atoms with Gasteiger partial charge in [-0.25, -0.2) is 13.9 Å². The number of hydrogen-bond acceptors (Lipinski definition) is 12. The zero-order chi connectivity index (χ0) is 34.1. The molecule has 14 nitrogen and oxygen atoms in total. The van der Waals surface area contributed by atoms with Crippen molar-refractivity contribution in [2.24, 2.45) is 5.41 Å². The maximum absolute atomic E-state index is 15.9. The molecule has 2 aromatic carbocycles.